The van der Waals surface area contributed by atoms with Gasteiger partial charge in [0.25, 0.3) is 5.91 Å². The summed E-state index contributed by atoms with van der Waals surface area (Å²) in [6.45, 7) is 2.07. The SMILES string of the molecule is O=C(CCc1nc(-c2ccncc2)no1)N1CCN(C(=O)c2ccc3ccccc3c2)CC1. The third kappa shape index (κ3) is 4.59. The molecule has 8 nitrogen and oxygen atoms in total. The Morgan fingerprint density at radius 2 is 1.61 bits per heavy atom. The maximum Gasteiger partial charge on any atom is 0.253 e. The molecular weight excluding hydrogens is 418 g/mol. The van der Waals surface area contributed by atoms with Gasteiger partial charge in [-0.05, 0) is 35.0 Å². The number of aryl methyl sites for hydroxylation is 1. The van der Waals surface area contributed by atoms with Gasteiger partial charge in [-0.1, -0.05) is 35.5 Å². The molecule has 2 amide bonds. The Morgan fingerprint density at radius 1 is 0.879 bits per heavy atom. The molecule has 0 atom stereocenters. The van der Waals surface area contributed by atoms with Gasteiger partial charge >= 0.3 is 0 Å². The summed E-state index contributed by atoms with van der Waals surface area (Å²) < 4.78 is 5.28. The first-order valence-electron chi connectivity index (χ1n) is 11.0. The molecule has 1 saturated heterocycles. The Kier molecular flexibility index (Phi) is 5.80. The van der Waals surface area contributed by atoms with Crippen LogP contribution >= 0.6 is 0 Å². The molecule has 2 aromatic heterocycles. The number of hydrogen-bond donors (Lipinski definition) is 0. The fourth-order valence-electron chi connectivity index (χ4n) is 4.01. The zero-order valence-electron chi connectivity index (χ0n) is 18.1. The molecule has 8 heteroatoms. The Bertz CT molecular complexity index is 1280. The average Bonchev–Trinajstić information content (AvgIpc) is 3.36. The molecule has 0 aliphatic carbocycles. The van der Waals surface area contributed by atoms with E-state index in [0.29, 0.717) is 49.9 Å². The highest BCUT2D eigenvalue weighted by Gasteiger charge is 2.25. The van der Waals surface area contributed by atoms with Gasteiger partial charge in [0.2, 0.25) is 17.6 Å². The fraction of sp³-hybridized carbons (Fsp3) is 0.240. The zero-order valence-corrected chi connectivity index (χ0v) is 18.1. The highest BCUT2D eigenvalue weighted by atomic mass is 16.5. The highest BCUT2D eigenvalue weighted by molar-refractivity contribution is 5.98. The number of carbonyl (C=O) groups excluding carboxylic acids is 2. The quantitative estimate of drug-likeness (QED) is 0.472. The van der Waals surface area contributed by atoms with E-state index in [9.17, 15) is 9.59 Å². The van der Waals surface area contributed by atoms with Crippen LogP contribution in [-0.4, -0.2) is 62.9 Å². The molecule has 0 N–H and O–H groups in total. The first kappa shape index (κ1) is 20.8. The van der Waals surface area contributed by atoms with Crippen LogP contribution in [0.15, 0.2) is 71.5 Å². The lowest BCUT2D eigenvalue weighted by molar-refractivity contribution is -0.132. The van der Waals surface area contributed by atoms with Crippen LogP contribution in [0.4, 0.5) is 0 Å². The van der Waals surface area contributed by atoms with Crippen molar-refractivity contribution in [2.24, 2.45) is 0 Å². The summed E-state index contributed by atoms with van der Waals surface area (Å²) in [4.78, 5) is 37.5. The molecule has 2 aromatic carbocycles. The van der Waals surface area contributed by atoms with Crippen molar-refractivity contribution in [3.63, 3.8) is 0 Å². The van der Waals surface area contributed by atoms with Crippen LogP contribution in [0.1, 0.15) is 22.7 Å². The molecule has 166 valence electrons. The summed E-state index contributed by atoms with van der Waals surface area (Å²) in [6, 6.07) is 17.4. The summed E-state index contributed by atoms with van der Waals surface area (Å²) >= 11 is 0. The Morgan fingerprint density at radius 3 is 2.39 bits per heavy atom. The number of benzene rings is 2. The zero-order chi connectivity index (χ0) is 22.6. The summed E-state index contributed by atoms with van der Waals surface area (Å²) in [5, 5.41) is 6.13. The average molecular weight is 441 g/mol. The maximum atomic E-state index is 12.9. The van der Waals surface area contributed by atoms with E-state index in [0.717, 1.165) is 16.3 Å². The molecular formula is C25H23N5O3. The number of hydrogen-bond acceptors (Lipinski definition) is 6. The smallest absolute Gasteiger partial charge is 0.253 e. The van der Waals surface area contributed by atoms with E-state index in [-0.39, 0.29) is 18.2 Å². The minimum Gasteiger partial charge on any atom is -0.339 e. The molecule has 1 aliphatic rings. The van der Waals surface area contributed by atoms with Gasteiger partial charge in [0.15, 0.2) is 0 Å². The monoisotopic (exact) mass is 441 g/mol. The third-order valence-electron chi connectivity index (χ3n) is 5.88. The van der Waals surface area contributed by atoms with Crippen molar-refractivity contribution in [2.45, 2.75) is 12.8 Å². The number of rotatable bonds is 5. The van der Waals surface area contributed by atoms with Gasteiger partial charge in [-0.15, -0.1) is 0 Å². The van der Waals surface area contributed by atoms with Crippen LogP contribution in [0, 0.1) is 0 Å². The summed E-state index contributed by atoms with van der Waals surface area (Å²) in [6.07, 6.45) is 4.00. The standard InChI is InChI=1S/C25H23N5O3/c31-23(8-7-22-27-24(28-33-22)19-9-11-26-12-10-19)29-13-15-30(16-14-29)25(32)21-6-5-18-3-1-2-4-20(18)17-21/h1-6,9-12,17H,7-8,13-16H2. The van der Waals surface area contributed by atoms with Gasteiger partial charge < -0.3 is 14.3 Å². The van der Waals surface area contributed by atoms with Gasteiger partial charge in [0.05, 0.1) is 0 Å². The second kappa shape index (κ2) is 9.20. The van der Waals surface area contributed by atoms with Gasteiger partial charge in [0, 0.05) is 62.5 Å². The van der Waals surface area contributed by atoms with E-state index in [2.05, 4.69) is 15.1 Å². The van der Waals surface area contributed by atoms with Crippen LogP contribution in [0.2, 0.25) is 0 Å². The van der Waals surface area contributed by atoms with Crippen molar-refractivity contribution in [1.29, 1.82) is 0 Å². The van der Waals surface area contributed by atoms with Crippen molar-refractivity contribution >= 4 is 22.6 Å². The number of nitrogens with zero attached hydrogens (tertiary/aromatic N) is 5. The largest absolute Gasteiger partial charge is 0.339 e. The van der Waals surface area contributed by atoms with Crippen molar-refractivity contribution < 1.29 is 14.1 Å². The normalized spacial score (nSPS) is 13.9. The summed E-state index contributed by atoms with van der Waals surface area (Å²) in [5.74, 6) is 0.944. The lowest BCUT2D eigenvalue weighted by atomic mass is 10.1. The summed E-state index contributed by atoms with van der Waals surface area (Å²) in [5.41, 5.74) is 1.49. The minimum absolute atomic E-state index is 0.00218. The first-order chi connectivity index (χ1) is 16.2. The number of carbonyl (C=O) groups is 2. The minimum atomic E-state index is 0.00218. The van der Waals surface area contributed by atoms with Crippen LogP contribution in [0.5, 0.6) is 0 Å². The van der Waals surface area contributed by atoms with Crippen LogP contribution in [0.25, 0.3) is 22.2 Å². The molecule has 4 aromatic rings. The highest BCUT2D eigenvalue weighted by Crippen LogP contribution is 2.18. The maximum absolute atomic E-state index is 12.9. The molecule has 3 heterocycles. The van der Waals surface area contributed by atoms with Crippen LogP contribution < -0.4 is 0 Å². The second-order valence-corrected chi connectivity index (χ2v) is 7.98. The van der Waals surface area contributed by atoms with E-state index < -0.39 is 0 Å². The Labute approximate surface area is 190 Å². The van der Waals surface area contributed by atoms with Gasteiger partial charge in [-0.3, -0.25) is 14.6 Å². The van der Waals surface area contributed by atoms with Crippen molar-refractivity contribution in [3.05, 3.63) is 78.4 Å². The second-order valence-electron chi connectivity index (χ2n) is 7.98. The predicted molar refractivity (Wildman–Crippen MR) is 122 cm³/mol. The van der Waals surface area contributed by atoms with E-state index in [1.165, 1.54) is 0 Å². The Hall–Kier alpha value is -4.07. The molecule has 0 radical (unpaired) electrons. The summed E-state index contributed by atoms with van der Waals surface area (Å²) in [7, 11) is 0. The first-order valence-corrected chi connectivity index (χ1v) is 11.0. The lowest BCUT2D eigenvalue weighted by Crippen LogP contribution is -2.50. The molecule has 0 saturated carbocycles. The molecule has 0 spiro atoms. The van der Waals surface area contributed by atoms with Crippen molar-refractivity contribution in [1.82, 2.24) is 24.9 Å². The van der Waals surface area contributed by atoms with Gasteiger partial charge in [0.1, 0.15) is 0 Å². The van der Waals surface area contributed by atoms with E-state index in [4.69, 9.17) is 4.52 Å². The van der Waals surface area contributed by atoms with Crippen LogP contribution in [-0.2, 0) is 11.2 Å². The number of aromatic nitrogens is 3. The van der Waals surface area contributed by atoms with E-state index >= 15 is 0 Å². The number of pyridine rings is 1. The number of piperazine rings is 1. The van der Waals surface area contributed by atoms with Gasteiger partial charge in [-0.25, -0.2) is 0 Å². The van der Waals surface area contributed by atoms with E-state index in [1.807, 2.05) is 47.4 Å². The molecule has 0 unspecified atom stereocenters. The third-order valence-corrected chi connectivity index (χ3v) is 5.88. The molecule has 0 bridgehead atoms. The topological polar surface area (TPSA) is 92.4 Å². The number of fused-ring (bicyclic) bond motifs is 1. The molecule has 1 aliphatic heterocycles. The fourth-order valence-corrected chi connectivity index (χ4v) is 4.01. The van der Waals surface area contributed by atoms with Crippen molar-refractivity contribution in [2.75, 3.05) is 26.2 Å². The Balaban J connectivity index is 1.13. The number of amides is 2. The van der Waals surface area contributed by atoms with Crippen LogP contribution in [0.3, 0.4) is 0 Å². The molecule has 33 heavy (non-hydrogen) atoms. The lowest BCUT2D eigenvalue weighted by Gasteiger charge is -2.35. The van der Waals surface area contributed by atoms with Gasteiger partial charge in [-0.2, -0.15) is 4.98 Å². The van der Waals surface area contributed by atoms with E-state index in [1.54, 1.807) is 29.4 Å². The molecule has 5 rings (SSSR count). The van der Waals surface area contributed by atoms with Crippen molar-refractivity contribution in [3.8, 4) is 11.4 Å². The molecule has 1 fully saturated rings. The predicted octanol–water partition coefficient (Wildman–Crippen LogP) is 3.20.